The van der Waals surface area contributed by atoms with Crippen molar-refractivity contribution in [1.29, 1.82) is 0 Å². The molecule has 0 radical (unpaired) electrons. The number of aromatic nitrogens is 1. The maximum atomic E-state index is 12.7. The highest BCUT2D eigenvalue weighted by atomic mass is 32.1. The van der Waals surface area contributed by atoms with Gasteiger partial charge in [-0.2, -0.15) is 0 Å². The van der Waals surface area contributed by atoms with E-state index in [9.17, 15) is 9.59 Å². The molecule has 7 nitrogen and oxygen atoms in total. The number of carbonyl (C=O) groups is 2. The number of nitrogens with zero attached hydrogens (tertiary/aromatic N) is 4. The molecule has 0 spiro atoms. The minimum Gasteiger partial charge on any atom is -0.339 e. The van der Waals surface area contributed by atoms with Gasteiger partial charge in [-0.25, -0.2) is 9.78 Å². The number of nitrogens with one attached hydrogen (secondary N) is 1. The molecule has 8 heteroatoms. The highest BCUT2D eigenvalue weighted by Crippen LogP contribution is 2.29. The van der Waals surface area contributed by atoms with Crippen LogP contribution in [0, 0.1) is 0 Å². The Hall–Kier alpha value is -2.19. The Kier molecular flexibility index (Phi) is 6.77. The van der Waals surface area contributed by atoms with Crippen molar-refractivity contribution in [3.8, 4) is 0 Å². The number of piperazine rings is 1. The molecule has 4 rings (SSSR count). The summed E-state index contributed by atoms with van der Waals surface area (Å²) in [6, 6.07) is 6.16. The quantitative estimate of drug-likeness (QED) is 0.776. The number of benzene rings is 1. The summed E-state index contributed by atoms with van der Waals surface area (Å²) in [5, 5.41) is 4.14. The number of amides is 3. The molecule has 0 aliphatic carbocycles. The van der Waals surface area contributed by atoms with Crippen molar-refractivity contribution in [2.24, 2.45) is 0 Å². The zero-order valence-corrected chi connectivity index (χ0v) is 19.6. The zero-order chi connectivity index (χ0) is 22.0. The summed E-state index contributed by atoms with van der Waals surface area (Å²) in [5.41, 5.74) is 1.78. The van der Waals surface area contributed by atoms with Gasteiger partial charge in [0.1, 0.15) is 0 Å². The van der Waals surface area contributed by atoms with Crippen LogP contribution in [0.3, 0.4) is 0 Å². The van der Waals surface area contributed by atoms with Crippen LogP contribution in [0.5, 0.6) is 0 Å². The highest BCUT2D eigenvalue weighted by molar-refractivity contribution is 7.18. The van der Waals surface area contributed by atoms with Crippen molar-refractivity contribution in [3.63, 3.8) is 0 Å². The van der Waals surface area contributed by atoms with Gasteiger partial charge in [-0.15, -0.1) is 11.3 Å². The van der Waals surface area contributed by atoms with Crippen LogP contribution in [0.2, 0.25) is 0 Å². The Balaban J connectivity index is 1.28. The standard InChI is InChI=1S/C23H33N5O2S/c1-16(2)22-25-19-8-7-18(14-20(19)31-22)24-23(30)27-12-10-26(11-13-27)15-21(29)28-9-5-4-6-17(28)3/h7-8,14,16-17H,4-6,9-13,15H2,1-3H3,(H,24,30). The number of carbonyl (C=O) groups excluding carboxylic acids is 2. The third kappa shape index (κ3) is 5.18. The van der Waals surface area contributed by atoms with Gasteiger partial charge in [0.05, 0.1) is 21.8 Å². The third-order valence-electron chi connectivity index (χ3n) is 6.29. The van der Waals surface area contributed by atoms with Gasteiger partial charge in [-0.1, -0.05) is 13.8 Å². The molecule has 168 valence electrons. The second kappa shape index (κ2) is 9.53. The number of fused-ring (bicyclic) bond motifs is 1. The minimum atomic E-state index is -0.0800. The lowest BCUT2D eigenvalue weighted by atomic mass is 10.0. The maximum Gasteiger partial charge on any atom is 0.321 e. The van der Waals surface area contributed by atoms with Crippen molar-refractivity contribution in [1.82, 2.24) is 19.7 Å². The van der Waals surface area contributed by atoms with Crippen molar-refractivity contribution >= 4 is 39.2 Å². The van der Waals surface area contributed by atoms with Crippen LogP contribution in [0.4, 0.5) is 10.5 Å². The molecule has 3 heterocycles. The molecule has 1 aromatic heterocycles. The molecule has 2 fully saturated rings. The number of piperidine rings is 1. The number of likely N-dealkylation sites (tertiary alicyclic amines) is 1. The second-order valence-corrected chi connectivity index (χ2v) is 10.1. The topological polar surface area (TPSA) is 68.8 Å². The maximum absolute atomic E-state index is 12.7. The Morgan fingerprint density at radius 1 is 1.16 bits per heavy atom. The van der Waals surface area contributed by atoms with E-state index in [1.807, 2.05) is 28.0 Å². The first-order valence-corrected chi connectivity index (χ1v) is 12.2. The van der Waals surface area contributed by atoms with Crippen molar-refractivity contribution in [2.45, 2.75) is 52.0 Å². The number of thiazole rings is 1. The summed E-state index contributed by atoms with van der Waals surface area (Å²) in [7, 11) is 0. The van der Waals surface area contributed by atoms with E-state index in [4.69, 9.17) is 0 Å². The number of urea groups is 1. The summed E-state index contributed by atoms with van der Waals surface area (Å²) in [6.07, 6.45) is 3.43. The lowest BCUT2D eigenvalue weighted by molar-refractivity contribution is -0.136. The van der Waals surface area contributed by atoms with Gasteiger partial charge in [0.2, 0.25) is 5.91 Å². The molecule has 1 unspecified atom stereocenters. The molecule has 2 aromatic rings. The molecule has 2 aliphatic rings. The fourth-order valence-electron chi connectivity index (χ4n) is 4.33. The normalized spacial score (nSPS) is 20.5. The van der Waals surface area contributed by atoms with E-state index in [0.29, 0.717) is 31.6 Å². The van der Waals surface area contributed by atoms with Crippen LogP contribution >= 0.6 is 11.3 Å². The van der Waals surface area contributed by atoms with Gasteiger partial charge in [-0.3, -0.25) is 9.69 Å². The molecular weight excluding hydrogens is 410 g/mol. The Bertz CT molecular complexity index is 935. The zero-order valence-electron chi connectivity index (χ0n) is 18.8. The Morgan fingerprint density at radius 2 is 1.94 bits per heavy atom. The van der Waals surface area contributed by atoms with Gasteiger partial charge in [0.15, 0.2) is 0 Å². The summed E-state index contributed by atoms with van der Waals surface area (Å²) in [4.78, 5) is 36.1. The first-order chi connectivity index (χ1) is 14.9. The first-order valence-electron chi connectivity index (χ1n) is 11.4. The second-order valence-electron chi connectivity index (χ2n) is 9.01. The fourth-order valence-corrected chi connectivity index (χ4v) is 5.34. The van der Waals surface area contributed by atoms with E-state index in [0.717, 1.165) is 53.4 Å². The van der Waals surface area contributed by atoms with Gasteiger partial charge >= 0.3 is 6.03 Å². The minimum absolute atomic E-state index is 0.0800. The predicted molar refractivity (Wildman–Crippen MR) is 126 cm³/mol. The summed E-state index contributed by atoms with van der Waals surface area (Å²) < 4.78 is 1.09. The largest absolute Gasteiger partial charge is 0.339 e. The summed E-state index contributed by atoms with van der Waals surface area (Å²) >= 11 is 1.68. The van der Waals surface area contributed by atoms with Crippen LogP contribution in [0.25, 0.3) is 10.2 Å². The van der Waals surface area contributed by atoms with Crippen molar-refractivity contribution < 1.29 is 9.59 Å². The van der Waals surface area contributed by atoms with E-state index in [1.165, 1.54) is 6.42 Å². The SMILES string of the molecule is CC(C)c1nc2ccc(NC(=O)N3CCN(CC(=O)N4CCCCC4C)CC3)cc2s1. The molecule has 2 aliphatic heterocycles. The Morgan fingerprint density at radius 3 is 2.65 bits per heavy atom. The van der Waals surface area contributed by atoms with E-state index in [2.05, 4.69) is 36.0 Å². The van der Waals surface area contributed by atoms with Crippen molar-refractivity contribution in [2.75, 3.05) is 44.6 Å². The smallest absolute Gasteiger partial charge is 0.321 e. The van der Waals surface area contributed by atoms with Crippen LogP contribution in [0.1, 0.15) is 51.0 Å². The molecule has 0 bridgehead atoms. The molecular formula is C23H33N5O2S. The Labute approximate surface area is 188 Å². The van der Waals surface area contributed by atoms with Gasteiger partial charge in [-0.05, 0) is 44.4 Å². The van der Waals surface area contributed by atoms with E-state index in [1.54, 1.807) is 11.3 Å². The number of hydrogen-bond donors (Lipinski definition) is 1. The average molecular weight is 444 g/mol. The lowest BCUT2D eigenvalue weighted by Gasteiger charge is -2.38. The molecule has 1 atom stereocenters. The number of rotatable bonds is 4. The van der Waals surface area contributed by atoms with Crippen LogP contribution in [-0.2, 0) is 4.79 Å². The first kappa shape index (κ1) is 22.0. The van der Waals surface area contributed by atoms with E-state index in [-0.39, 0.29) is 11.9 Å². The lowest BCUT2D eigenvalue weighted by Crippen LogP contribution is -2.53. The third-order valence-corrected chi connectivity index (χ3v) is 7.61. The number of anilines is 1. The number of hydrogen-bond acceptors (Lipinski definition) is 5. The van der Waals surface area contributed by atoms with Gasteiger partial charge in [0, 0.05) is 50.4 Å². The fraction of sp³-hybridized carbons (Fsp3) is 0.609. The monoisotopic (exact) mass is 443 g/mol. The molecule has 0 saturated carbocycles. The molecule has 1 aromatic carbocycles. The highest BCUT2D eigenvalue weighted by Gasteiger charge is 2.27. The van der Waals surface area contributed by atoms with E-state index >= 15 is 0 Å². The summed E-state index contributed by atoms with van der Waals surface area (Å²) in [5.74, 6) is 0.625. The predicted octanol–water partition coefficient (Wildman–Crippen LogP) is 3.97. The van der Waals surface area contributed by atoms with Gasteiger partial charge in [0.25, 0.3) is 0 Å². The van der Waals surface area contributed by atoms with E-state index < -0.39 is 0 Å². The summed E-state index contributed by atoms with van der Waals surface area (Å²) in [6.45, 7) is 10.5. The molecule has 2 saturated heterocycles. The van der Waals surface area contributed by atoms with Crippen LogP contribution in [-0.4, -0.2) is 76.9 Å². The van der Waals surface area contributed by atoms with Crippen molar-refractivity contribution in [3.05, 3.63) is 23.2 Å². The molecule has 3 amide bonds. The van der Waals surface area contributed by atoms with Crippen LogP contribution < -0.4 is 5.32 Å². The average Bonchev–Trinajstić information content (AvgIpc) is 3.18. The molecule has 31 heavy (non-hydrogen) atoms. The molecule has 1 N–H and O–H groups in total. The van der Waals surface area contributed by atoms with Crippen LogP contribution in [0.15, 0.2) is 18.2 Å². The van der Waals surface area contributed by atoms with Gasteiger partial charge < -0.3 is 15.1 Å².